The maximum atomic E-state index is 5.40. The van der Waals surface area contributed by atoms with Crippen LogP contribution in [0.5, 0.6) is 5.75 Å². The molecule has 4 heteroatoms. The van der Waals surface area contributed by atoms with Crippen LogP contribution in [-0.4, -0.2) is 18.3 Å². The molecule has 4 nitrogen and oxygen atoms in total. The highest BCUT2D eigenvalue weighted by atomic mass is 16.5. The first-order valence-electron chi connectivity index (χ1n) is 6.32. The van der Waals surface area contributed by atoms with Crippen LogP contribution < -0.4 is 10.6 Å². The van der Waals surface area contributed by atoms with Crippen LogP contribution in [0, 0.1) is 0 Å². The molecule has 0 radical (unpaired) electrons. The third-order valence-corrected chi connectivity index (χ3v) is 3.32. The number of aromatic amines is 1. The Hall–Kier alpha value is -2.75. The van der Waals surface area contributed by atoms with E-state index in [1.54, 1.807) is 13.3 Å². The fourth-order valence-electron chi connectivity index (χ4n) is 2.42. The van der Waals surface area contributed by atoms with Crippen molar-refractivity contribution in [1.82, 2.24) is 4.98 Å². The quantitative estimate of drug-likeness (QED) is 0.434. The number of nitrogens with two attached hydrogens (primary N) is 1. The topological polar surface area (TPSA) is 63.4 Å². The number of nitrogens with one attached hydrogen (secondary N) is 1. The van der Waals surface area contributed by atoms with Gasteiger partial charge in [0.2, 0.25) is 0 Å². The van der Waals surface area contributed by atoms with Gasteiger partial charge in [0.1, 0.15) is 5.75 Å². The van der Waals surface area contributed by atoms with Gasteiger partial charge in [-0.3, -0.25) is 0 Å². The molecule has 3 N–H and O–H groups in total. The second kappa shape index (κ2) is 5.09. The van der Waals surface area contributed by atoms with Gasteiger partial charge in [0.15, 0.2) is 0 Å². The smallest absolute Gasteiger partial charge is 0.142 e. The summed E-state index contributed by atoms with van der Waals surface area (Å²) in [7, 11) is 1.66. The standard InChI is InChI=1S/C16H15N3O/c1-20-14-9-5-8-12-13(10-18-17)15(19-16(12)14)11-6-3-2-4-7-11/h2-10,19H,17H2,1H3/b18-10+. The van der Waals surface area contributed by atoms with E-state index < -0.39 is 0 Å². The van der Waals surface area contributed by atoms with Crippen molar-refractivity contribution < 1.29 is 4.74 Å². The average molecular weight is 265 g/mol. The lowest BCUT2D eigenvalue weighted by Gasteiger charge is -2.00. The third-order valence-electron chi connectivity index (χ3n) is 3.32. The number of ether oxygens (including phenoxy) is 1. The van der Waals surface area contributed by atoms with E-state index in [2.05, 4.69) is 10.1 Å². The average Bonchev–Trinajstić information content (AvgIpc) is 2.87. The Morgan fingerprint density at radius 2 is 1.90 bits per heavy atom. The van der Waals surface area contributed by atoms with Crippen LogP contribution in [0.3, 0.4) is 0 Å². The minimum absolute atomic E-state index is 0.802. The number of benzene rings is 2. The van der Waals surface area contributed by atoms with Crippen LogP contribution >= 0.6 is 0 Å². The van der Waals surface area contributed by atoms with Gasteiger partial charge in [-0.05, 0) is 11.6 Å². The zero-order valence-corrected chi connectivity index (χ0v) is 11.1. The molecule has 2 aromatic carbocycles. The molecule has 0 saturated carbocycles. The number of hydrogen-bond donors (Lipinski definition) is 2. The maximum absolute atomic E-state index is 5.40. The zero-order valence-electron chi connectivity index (χ0n) is 11.1. The molecule has 0 aliphatic carbocycles. The minimum Gasteiger partial charge on any atom is -0.495 e. The van der Waals surface area contributed by atoms with Crippen LogP contribution in [0.15, 0.2) is 53.6 Å². The Morgan fingerprint density at radius 1 is 1.10 bits per heavy atom. The molecule has 0 unspecified atom stereocenters. The van der Waals surface area contributed by atoms with Crippen molar-refractivity contribution in [2.24, 2.45) is 10.9 Å². The number of methoxy groups -OCH3 is 1. The molecule has 20 heavy (non-hydrogen) atoms. The molecule has 3 aromatic rings. The highest BCUT2D eigenvalue weighted by Gasteiger charge is 2.14. The van der Waals surface area contributed by atoms with Crippen LogP contribution in [0.4, 0.5) is 0 Å². The van der Waals surface area contributed by atoms with Gasteiger partial charge >= 0.3 is 0 Å². The van der Waals surface area contributed by atoms with E-state index in [1.165, 1.54) is 0 Å². The molecule has 0 bridgehead atoms. The number of para-hydroxylation sites is 1. The summed E-state index contributed by atoms with van der Waals surface area (Å²) < 4.78 is 5.40. The van der Waals surface area contributed by atoms with Gasteiger partial charge in [-0.2, -0.15) is 5.10 Å². The van der Waals surface area contributed by atoms with Gasteiger partial charge in [-0.1, -0.05) is 42.5 Å². The van der Waals surface area contributed by atoms with Crippen molar-refractivity contribution in [3.05, 3.63) is 54.1 Å². The van der Waals surface area contributed by atoms with Crippen LogP contribution in [-0.2, 0) is 0 Å². The monoisotopic (exact) mass is 265 g/mol. The molecule has 1 aromatic heterocycles. The highest BCUT2D eigenvalue weighted by Crippen LogP contribution is 2.33. The number of hydrogen-bond acceptors (Lipinski definition) is 3. The van der Waals surface area contributed by atoms with Crippen molar-refractivity contribution in [2.75, 3.05) is 7.11 Å². The van der Waals surface area contributed by atoms with E-state index in [9.17, 15) is 0 Å². The van der Waals surface area contributed by atoms with E-state index in [0.29, 0.717) is 0 Å². The summed E-state index contributed by atoms with van der Waals surface area (Å²) in [5.41, 5.74) is 3.98. The molecule has 3 rings (SSSR count). The fourth-order valence-corrected chi connectivity index (χ4v) is 2.42. The lowest BCUT2D eigenvalue weighted by molar-refractivity contribution is 0.419. The summed E-state index contributed by atoms with van der Waals surface area (Å²) in [6.45, 7) is 0. The molecule has 0 aliphatic rings. The first-order chi connectivity index (χ1) is 9.85. The predicted octanol–water partition coefficient (Wildman–Crippen LogP) is 3.14. The summed E-state index contributed by atoms with van der Waals surface area (Å²) >= 11 is 0. The number of aromatic nitrogens is 1. The Bertz CT molecular complexity index is 760. The summed E-state index contributed by atoms with van der Waals surface area (Å²) in [5, 5.41) is 4.72. The van der Waals surface area contributed by atoms with Gasteiger partial charge in [0.25, 0.3) is 0 Å². The van der Waals surface area contributed by atoms with Gasteiger partial charge in [-0.25, -0.2) is 0 Å². The van der Waals surface area contributed by atoms with Crippen molar-refractivity contribution in [1.29, 1.82) is 0 Å². The van der Waals surface area contributed by atoms with E-state index >= 15 is 0 Å². The molecule has 1 heterocycles. The van der Waals surface area contributed by atoms with Crippen molar-refractivity contribution >= 4 is 17.1 Å². The van der Waals surface area contributed by atoms with Gasteiger partial charge in [0, 0.05) is 10.9 Å². The molecule has 0 amide bonds. The molecule has 0 spiro atoms. The SMILES string of the molecule is COc1cccc2c(/C=N/N)c(-c3ccccc3)[nH]c12. The Balaban J connectivity index is 2.34. The third kappa shape index (κ3) is 1.91. The molecule has 0 aliphatic heterocycles. The molecule has 0 fully saturated rings. The largest absolute Gasteiger partial charge is 0.495 e. The van der Waals surface area contributed by atoms with Crippen LogP contribution in [0.1, 0.15) is 5.56 Å². The molecular weight excluding hydrogens is 250 g/mol. The number of nitrogens with zero attached hydrogens (tertiary/aromatic N) is 1. The van der Waals surface area contributed by atoms with Crippen LogP contribution in [0.25, 0.3) is 22.2 Å². The fraction of sp³-hybridized carbons (Fsp3) is 0.0625. The number of fused-ring (bicyclic) bond motifs is 1. The summed E-state index contributed by atoms with van der Waals surface area (Å²) in [6, 6.07) is 16.0. The molecule has 100 valence electrons. The lowest BCUT2D eigenvalue weighted by Crippen LogP contribution is -1.88. The van der Waals surface area contributed by atoms with Crippen molar-refractivity contribution in [2.45, 2.75) is 0 Å². The second-order valence-electron chi connectivity index (χ2n) is 4.44. The number of rotatable bonds is 3. The summed E-state index contributed by atoms with van der Waals surface area (Å²) in [5.74, 6) is 6.15. The predicted molar refractivity (Wildman–Crippen MR) is 82.1 cm³/mol. The summed E-state index contributed by atoms with van der Waals surface area (Å²) in [4.78, 5) is 3.41. The first kappa shape index (κ1) is 12.3. The summed E-state index contributed by atoms with van der Waals surface area (Å²) in [6.07, 6.45) is 1.67. The van der Waals surface area contributed by atoms with E-state index in [-0.39, 0.29) is 0 Å². The molecule has 0 saturated heterocycles. The van der Waals surface area contributed by atoms with Crippen LogP contribution in [0.2, 0.25) is 0 Å². The molecular formula is C16H15N3O. The van der Waals surface area contributed by atoms with Gasteiger partial charge in [0.05, 0.1) is 24.5 Å². The van der Waals surface area contributed by atoms with Gasteiger partial charge < -0.3 is 15.6 Å². The normalized spacial score (nSPS) is 11.2. The van der Waals surface area contributed by atoms with E-state index in [4.69, 9.17) is 10.6 Å². The van der Waals surface area contributed by atoms with E-state index in [0.717, 1.165) is 33.5 Å². The Morgan fingerprint density at radius 3 is 2.60 bits per heavy atom. The van der Waals surface area contributed by atoms with Crippen molar-refractivity contribution in [3.63, 3.8) is 0 Å². The second-order valence-corrected chi connectivity index (χ2v) is 4.44. The van der Waals surface area contributed by atoms with Crippen molar-refractivity contribution in [3.8, 4) is 17.0 Å². The number of H-pyrrole nitrogens is 1. The number of hydrazone groups is 1. The van der Waals surface area contributed by atoms with E-state index in [1.807, 2.05) is 48.5 Å². The Labute approximate surface area is 116 Å². The van der Waals surface area contributed by atoms with Gasteiger partial charge in [-0.15, -0.1) is 0 Å². The Kier molecular flexibility index (Phi) is 3.13. The zero-order chi connectivity index (χ0) is 13.9. The lowest BCUT2D eigenvalue weighted by atomic mass is 10.1. The maximum Gasteiger partial charge on any atom is 0.142 e. The minimum atomic E-state index is 0.802. The first-order valence-corrected chi connectivity index (χ1v) is 6.32. The highest BCUT2D eigenvalue weighted by molar-refractivity contribution is 6.07. The molecule has 0 atom stereocenters.